The Morgan fingerprint density at radius 1 is 1.05 bits per heavy atom. The molecule has 19 heavy (non-hydrogen) atoms. The Balaban J connectivity index is 1.97. The molecule has 0 aliphatic heterocycles. The highest BCUT2D eigenvalue weighted by Crippen LogP contribution is 2.18. The number of aliphatic carboxylic acids is 1. The van der Waals surface area contributed by atoms with Gasteiger partial charge in [-0.25, -0.2) is 4.79 Å². The van der Waals surface area contributed by atoms with Gasteiger partial charge in [-0.15, -0.1) is 0 Å². The van der Waals surface area contributed by atoms with E-state index in [-0.39, 0.29) is 12.5 Å². The third-order valence-corrected chi connectivity index (χ3v) is 2.49. The topological polar surface area (TPSA) is 75.6 Å². The van der Waals surface area contributed by atoms with Crippen LogP contribution in [0.3, 0.4) is 0 Å². The minimum atomic E-state index is -1.10. The minimum absolute atomic E-state index is 0.279. The zero-order valence-corrected chi connectivity index (χ0v) is 10.1. The summed E-state index contributed by atoms with van der Waals surface area (Å²) in [5, 5.41) is 13.1. The van der Waals surface area contributed by atoms with E-state index in [2.05, 4.69) is 5.32 Å². The lowest BCUT2D eigenvalue weighted by Gasteiger charge is -2.06. The van der Waals surface area contributed by atoms with Gasteiger partial charge in [-0.2, -0.15) is 0 Å². The Morgan fingerprint density at radius 3 is 2.53 bits per heavy atom. The van der Waals surface area contributed by atoms with Crippen molar-refractivity contribution < 1.29 is 19.4 Å². The smallest absolute Gasteiger partial charge is 0.329 e. The minimum Gasteiger partial charge on any atom is -0.480 e. The second kappa shape index (κ2) is 5.97. The highest BCUT2D eigenvalue weighted by molar-refractivity contribution is 5.95. The number of carbonyl (C=O) groups is 2. The van der Waals surface area contributed by atoms with Gasteiger partial charge in [0.15, 0.2) is 0 Å². The van der Waals surface area contributed by atoms with Gasteiger partial charge >= 0.3 is 5.97 Å². The quantitative estimate of drug-likeness (QED) is 0.859. The normalized spacial score (nSPS) is 10.3. The fraction of sp³-hybridized carbons (Fsp3) is 0.143. The van der Waals surface area contributed by atoms with E-state index in [1.807, 2.05) is 36.4 Å². The maximum atomic E-state index is 11.5. The second-order valence-electron chi connectivity index (χ2n) is 4.00. The van der Waals surface area contributed by atoms with Gasteiger partial charge in [0.2, 0.25) is 5.91 Å². The van der Waals surface area contributed by atoms with Crippen LogP contribution in [0.15, 0.2) is 42.5 Å². The van der Waals surface area contributed by atoms with Crippen LogP contribution in [0.5, 0.6) is 0 Å². The Labute approximate surface area is 109 Å². The fourth-order valence-electron chi connectivity index (χ4n) is 1.70. The zero-order chi connectivity index (χ0) is 13.7. The van der Waals surface area contributed by atoms with Crippen molar-refractivity contribution in [2.45, 2.75) is 0 Å². The summed E-state index contributed by atoms with van der Waals surface area (Å²) >= 11 is 0. The lowest BCUT2D eigenvalue weighted by Crippen LogP contribution is -2.20. The van der Waals surface area contributed by atoms with Crippen molar-refractivity contribution in [1.29, 1.82) is 0 Å². The highest BCUT2D eigenvalue weighted by Gasteiger charge is 2.05. The molecule has 2 aromatic carbocycles. The number of carboxylic acid groups (broad SMARTS) is 1. The summed E-state index contributed by atoms with van der Waals surface area (Å²) in [6.07, 6.45) is 0. The van der Waals surface area contributed by atoms with Crippen LogP contribution in [-0.2, 0) is 14.3 Å². The summed E-state index contributed by atoms with van der Waals surface area (Å²) in [6, 6.07) is 13.3. The first-order valence-electron chi connectivity index (χ1n) is 5.73. The summed E-state index contributed by atoms with van der Waals surface area (Å²) in [5.41, 5.74) is 0.655. The van der Waals surface area contributed by atoms with E-state index >= 15 is 0 Å². The standard InChI is InChI=1S/C14H13NO4/c16-13(8-19-9-14(17)18)15-12-6-5-10-3-1-2-4-11(10)7-12/h1-7H,8-9H2,(H,15,16)(H,17,18). The SMILES string of the molecule is O=C(O)COCC(=O)Nc1ccc2ccccc2c1. The number of hydrogen-bond acceptors (Lipinski definition) is 3. The summed E-state index contributed by atoms with van der Waals surface area (Å²) < 4.78 is 4.70. The van der Waals surface area contributed by atoms with Crippen LogP contribution in [0, 0.1) is 0 Å². The van der Waals surface area contributed by atoms with Gasteiger partial charge in [-0.1, -0.05) is 30.3 Å². The van der Waals surface area contributed by atoms with Crippen LogP contribution in [0.25, 0.3) is 10.8 Å². The summed E-state index contributed by atoms with van der Waals surface area (Å²) in [4.78, 5) is 21.7. The van der Waals surface area contributed by atoms with Gasteiger partial charge in [-0.05, 0) is 22.9 Å². The predicted octanol–water partition coefficient (Wildman–Crippen LogP) is 1.88. The van der Waals surface area contributed by atoms with Crippen molar-refractivity contribution in [3.8, 4) is 0 Å². The number of amides is 1. The molecule has 0 aliphatic carbocycles. The van der Waals surface area contributed by atoms with Crippen LogP contribution in [0.2, 0.25) is 0 Å². The van der Waals surface area contributed by atoms with E-state index in [1.54, 1.807) is 6.07 Å². The number of rotatable bonds is 5. The van der Waals surface area contributed by atoms with Gasteiger partial charge in [0.25, 0.3) is 0 Å². The molecule has 2 aromatic rings. The van der Waals surface area contributed by atoms with E-state index in [1.165, 1.54) is 0 Å². The molecule has 0 fully saturated rings. The molecule has 0 saturated carbocycles. The van der Waals surface area contributed by atoms with Crippen LogP contribution in [0.4, 0.5) is 5.69 Å². The molecule has 5 nitrogen and oxygen atoms in total. The van der Waals surface area contributed by atoms with E-state index in [9.17, 15) is 9.59 Å². The molecule has 2 rings (SSSR count). The van der Waals surface area contributed by atoms with Crippen molar-refractivity contribution in [3.63, 3.8) is 0 Å². The van der Waals surface area contributed by atoms with Crippen molar-refractivity contribution >= 4 is 28.3 Å². The summed E-state index contributed by atoms with van der Waals surface area (Å²) in [6.45, 7) is -0.760. The van der Waals surface area contributed by atoms with Crippen LogP contribution < -0.4 is 5.32 Å². The number of carbonyl (C=O) groups excluding carboxylic acids is 1. The van der Waals surface area contributed by atoms with Gasteiger partial charge in [-0.3, -0.25) is 4.79 Å². The Bertz CT molecular complexity index is 609. The van der Waals surface area contributed by atoms with E-state index in [0.29, 0.717) is 5.69 Å². The molecule has 0 atom stereocenters. The molecule has 0 unspecified atom stereocenters. The molecule has 0 aliphatic rings. The zero-order valence-electron chi connectivity index (χ0n) is 10.1. The van der Waals surface area contributed by atoms with Crippen LogP contribution in [-0.4, -0.2) is 30.2 Å². The number of nitrogens with one attached hydrogen (secondary N) is 1. The fourth-order valence-corrected chi connectivity index (χ4v) is 1.70. The molecule has 5 heteroatoms. The largest absolute Gasteiger partial charge is 0.480 e. The maximum absolute atomic E-state index is 11.5. The predicted molar refractivity (Wildman–Crippen MR) is 71.0 cm³/mol. The van der Waals surface area contributed by atoms with Gasteiger partial charge in [0, 0.05) is 5.69 Å². The van der Waals surface area contributed by atoms with Crippen LogP contribution >= 0.6 is 0 Å². The molecule has 98 valence electrons. The molecular weight excluding hydrogens is 246 g/mol. The molecule has 2 N–H and O–H groups in total. The first-order valence-corrected chi connectivity index (χ1v) is 5.73. The summed E-state index contributed by atoms with van der Waals surface area (Å²) in [7, 11) is 0. The molecule has 0 saturated heterocycles. The first-order chi connectivity index (χ1) is 9.15. The average Bonchev–Trinajstić information content (AvgIpc) is 2.38. The maximum Gasteiger partial charge on any atom is 0.329 e. The number of carboxylic acids is 1. The highest BCUT2D eigenvalue weighted by atomic mass is 16.5. The Kier molecular flexibility index (Phi) is 4.10. The number of fused-ring (bicyclic) bond motifs is 1. The first kappa shape index (κ1) is 13.0. The van der Waals surface area contributed by atoms with Crippen molar-refractivity contribution in [1.82, 2.24) is 0 Å². The van der Waals surface area contributed by atoms with Gasteiger partial charge < -0.3 is 15.2 Å². The third-order valence-electron chi connectivity index (χ3n) is 2.49. The van der Waals surface area contributed by atoms with Crippen LogP contribution in [0.1, 0.15) is 0 Å². The molecule has 0 bridgehead atoms. The Morgan fingerprint density at radius 2 is 1.79 bits per heavy atom. The Hall–Kier alpha value is -2.40. The molecule has 0 spiro atoms. The van der Waals surface area contributed by atoms with E-state index in [4.69, 9.17) is 9.84 Å². The monoisotopic (exact) mass is 259 g/mol. The molecule has 1 amide bonds. The number of anilines is 1. The number of hydrogen-bond donors (Lipinski definition) is 2. The second-order valence-corrected chi connectivity index (χ2v) is 4.00. The lowest BCUT2D eigenvalue weighted by atomic mass is 10.1. The van der Waals surface area contributed by atoms with Gasteiger partial charge in [0.1, 0.15) is 13.2 Å². The summed E-state index contributed by atoms with van der Waals surface area (Å²) in [5.74, 6) is -1.48. The lowest BCUT2D eigenvalue weighted by molar-refractivity contribution is -0.143. The van der Waals surface area contributed by atoms with Crippen molar-refractivity contribution in [2.75, 3.05) is 18.5 Å². The van der Waals surface area contributed by atoms with E-state index < -0.39 is 12.6 Å². The molecular formula is C14H13NO4. The molecule has 0 aromatic heterocycles. The molecule has 0 radical (unpaired) electrons. The average molecular weight is 259 g/mol. The van der Waals surface area contributed by atoms with E-state index in [0.717, 1.165) is 10.8 Å². The van der Waals surface area contributed by atoms with Crippen molar-refractivity contribution in [3.05, 3.63) is 42.5 Å². The molecule has 0 heterocycles. The number of benzene rings is 2. The third kappa shape index (κ3) is 3.79. The van der Waals surface area contributed by atoms with Gasteiger partial charge in [0.05, 0.1) is 0 Å². The van der Waals surface area contributed by atoms with Crippen molar-refractivity contribution in [2.24, 2.45) is 0 Å². The number of ether oxygens (including phenoxy) is 1.